The molecule has 1 saturated carbocycles. The van der Waals surface area contributed by atoms with E-state index in [9.17, 15) is 8.78 Å². The third-order valence-corrected chi connectivity index (χ3v) is 2.62. The molecule has 1 aliphatic rings. The second-order valence-corrected chi connectivity index (χ2v) is 4.21. The zero-order valence-electron chi connectivity index (χ0n) is 10.3. The van der Waals surface area contributed by atoms with E-state index in [4.69, 9.17) is 5.73 Å². The topological polar surface area (TPSA) is 38.4 Å². The first kappa shape index (κ1) is 15.1. The van der Waals surface area contributed by atoms with E-state index >= 15 is 0 Å². The number of halogens is 2. The average molecular weight is 232 g/mol. The van der Waals surface area contributed by atoms with Crippen LogP contribution in [0.3, 0.4) is 0 Å². The summed E-state index contributed by atoms with van der Waals surface area (Å²) < 4.78 is 24.8. The highest BCUT2D eigenvalue weighted by Gasteiger charge is 2.32. The van der Waals surface area contributed by atoms with Gasteiger partial charge in [0.2, 0.25) is 5.92 Å². The number of allylic oxidation sites excluding steroid dienone is 2. The molecule has 94 valence electrons. The molecule has 2 N–H and O–H groups in total. The fourth-order valence-electron chi connectivity index (χ4n) is 1.41. The van der Waals surface area contributed by atoms with Gasteiger partial charge in [-0.25, -0.2) is 8.78 Å². The predicted octanol–water partition coefficient (Wildman–Crippen LogP) is 3.38. The van der Waals surface area contributed by atoms with Gasteiger partial charge in [-0.2, -0.15) is 0 Å². The van der Waals surface area contributed by atoms with Gasteiger partial charge < -0.3 is 5.73 Å². The van der Waals surface area contributed by atoms with Crippen LogP contribution >= 0.6 is 0 Å². The fourth-order valence-corrected chi connectivity index (χ4v) is 1.41. The molecule has 0 saturated heterocycles. The highest BCUT2D eigenvalue weighted by Crippen LogP contribution is 2.35. The van der Waals surface area contributed by atoms with E-state index < -0.39 is 5.92 Å². The Morgan fingerprint density at radius 3 is 2.12 bits per heavy atom. The van der Waals surface area contributed by atoms with Gasteiger partial charge in [0, 0.05) is 31.8 Å². The molecule has 1 fully saturated rings. The highest BCUT2D eigenvalue weighted by atomic mass is 19.3. The molecule has 0 aliphatic heterocycles. The lowest BCUT2D eigenvalue weighted by atomic mass is 9.88. The van der Waals surface area contributed by atoms with Crippen LogP contribution in [0.25, 0.3) is 0 Å². The van der Waals surface area contributed by atoms with Gasteiger partial charge >= 0.3 is 0 Å². The van der Waals surface area contributed by atoms with E-state index in [1.54, 1.807) is 19.3 Å². The number of aliphatic imine (C=N–C) groups is 1. The molecule has 0 aromatic carbocycles. The van der Waals surface area contributed by atoms with Crippen molar-refractivity contribution >= 4 is 6.21 Å². The average Bonchev–Trinajstić information content (AvgIpc) is 2.24. The van der Waals surface area contributed by atoms with Crippen LogP contribution in [0, 0.1) is 5.92 Å². The monoisotopic (exact) mass is 232 g/mol. The lowest BCUT2D eigenvalue weighted by Gasteiger charge is -2.25. The van der Waals surface area contributed by atoms with Gasteiger partial charge in [0.05, 0.1) is 0 Å². The van der Waals surface area contributed by atoms with E-state index in [-0.39, 0.29) is 12.8 Å². The Kier molecular flexibility index (Phi) is 6.93. The first-order valence-corrected chi connectivity index (χ1v) is 5.63. The van der Waals surface area contributed by atoms with Crippen LogP contribution in [-0.2, 0) is 0 Å². The van der Waals surface area contributed by atoms with E-state index in [1.807, 2.05) is 13.8 Å². The molecule has 16 heavy (non-hydrogen) atoms. The van der Waals surface area contributed by atoms with E-state index in [0.29, 0.717) is 24.5 Å². The van der Waals surface area contributed by atoms with Crippen LogP contribution in [0.1, 0.15) is 39.5 Å². The molecule has 0 spiro atoms. The van der Waals surface area contributed by atoms with Crippen LogP contribution in [0.4, 0.5) is 8.78 Å². The van der Waals surface area contributed by atoms with Crippen molar-refractivity contribution in [3.8, 4) is 0 Å². The van der Waals surface area contributed by atoms with E-state index in [1.165, 1.54) is 0 Å². The normalized spacial score (nSPS) is 21.7. The maximum atomic E-state index is 12.4. The minimum atomic E-state index is -2.34. The van der Waals surface area contributed by atoms with Crippen molar-refractivity contribution in [3.05, 3.63) is 11.8 Å². The zero-order chi connectivity index (χ0) is 12.6. The van der Waals surface area contributed by atoms with Crippen molar-refractivity contribution in [2.45, 2.75) is 45.5 Å². The molecule has 2 nitrogen and oxygen atoms in total. The number of nitrogens with two attached hydrogens (primary N) is 1. The van der Waals surface area contributed by atoms with Crippen molar-refractivity contribution in [2.75, 3.05) is 7.05 Å². The highest BCUT2D eigenvalue weighted by molar-refractivity contribution is 5.76. The van der Waals surface area contributed by atoms with Crippen molar-refractivity contribution in [2.24, 2.45) is 16.6 Å². The summed E-state index contributed by atoms with van der Waals surface area (Å²) in [5, 5.41) is 0. The Hall–Kier alpha value is -0.930. The Bertz CT molecular complexity index is 237. The maximum absolute atomic E-state index is 12.4. The van der Waals surface area contributed by atoms with Crippen LogP contribution in [0.5, 0.6) is 0 Å². The van der Waals surface area contributed by atoms with Gasteiger partial charge in [0.15, 0.2) is 0 Å². The summed E-state index contributed by atoms with van der Waals surface area (Å²) >= 11 is 0. The third-order valence-electron chi connectivity index (χ3n) is 2.62. The SMILES string of the molecule is C/C=C(/N)C=NC.CC1CCC(F)(F)CC1. The molecule has 4 heteroatoms. The molecule has 1 aliphatic carbocycles. The number of rotatable bonds is 1. The second-order valence-electron chi connectivity index (χ2n) is 4.21. The largest absolute Gasteiger partial charge is 0.398 e. The Morgan fingerprint density at radius 2 is 1.88 bits per heavy atom. The van der Waals surface area contributed by atoms with Gasteiger partial charge in [-0.15, -0.1) is 0 Å². The lowest BCUT2D eigenvalue weighted by molar-refractivity contribution is -0.0438. The minimum absolute atomic E-state index is 0.105. The van der Waals surface area contributed by atoms with Crippen LogP contribution in [-0.4, -0.2) is 19.2 Å². The predicted molar refractivity (Wildman–Crippen MR) is 64.9 cm³/mol. The molecular weight excluding hydrogens is 210 g/mol. The van der Waals surface area contributed by atoms with Crippen molar-refractivity contribution in [1.82, 2.24) is 0 Å². The third kappa shape index (κ3) is 7.37. The Labute approximate surface area is 96.6 Å². The molecule has 0 heterocycles. The van der Waals surface area contributed by atoms with Crippen molar-refractivity contribution in [3.63, 3.8) is 0 Å². The molecule has 0 radical (unpaired) electrons. The number of hydrogen-bond acceptors (Lipinski definition) is 2. The number of alkyl halides is 2. The summed E-state index contributed by atoms with van der Waals surface area (Å²) in [4.78, 5) is 3.69. The summed E-state index contributed by atoms with van der Waals surface area (Å²) in [6, 6.07) is 0. The smallest absolute Gasteiger partial charge is 0.248 e. The molecule has 1 rings (SSSR count). The summed E-state index contributed by atoms with van der Waals surface area (Å²) in [5.74, 6) is -1.82. The first-order chi connectivity index (χ1) is 7.41. The summed E-state index contributed by atoms with van der Waals surface area (Å²) in [7, 11) is 1.69. The molecule has 0 aromatic rings. The van der Waals surface area contributed by atoms with Gasteiger partial charge in [-0.1, -0.05) is 13.0 Å². The number of hydrogen-bond donors (Lipinski definition) is 1. The lowest BCUT2D eigenvalue weighted by Crippen LogP contribution is -2.23. The molecule has 0 aromatic heterocycles. The maximum Gasteiger partial charge on any atom is 0.248 e. The van der Waals surface area contributed by atoms with Gasteiger partial charge in [-0.3, -0.25) is 4.99 Å². The van der Waals surface area contributed by atoms with E-state index in [2.05, 4.69) is 4.99 Å². The van der Waals surface area contributed by atoms with E-state index in [0.717, 1.165) is 0 Å². The summed E-state index contributed by atoms with van der Waals surface area (Å²) in [5.41, 5.74) is 6.01. The molecule has 0 unspecified atom stereocenters. The van der Waals surface area contributed by atoms with Crippen LogP contribution < -0.4 is 5.73 Å². The van der Waals surface area contributed by atoms with Crippen molar-refractivity contribution < 1.29 is 8.78 Å². The summed E-state index contributed by atoms with van der Waals surface area (Å²) in [6.45, 7) is 3.91. The van der Waals surface area contributed by atoms with Crippen LogP contribution in [0.2, 0.25) is 0 Å². The molecule has 0 bridgehead atoms. The second kappa shape index (κ2) is 7.36. The zero-order valence-corrected chi connectivity index (χ0v) is 10.3. The van der Waals surface area contributed by atoms with Crippen LogP contribution in [0.15, 0.2) is 16.8 Å². The first-order valence-electron chi connectivity index (χ1n) is 5.63. The van der Waals surface area contributed by atoms with Gasteiger partial charge in [-0.05, 0) is 25.7 Å². The minimum Gasteiger partial charge on any atom is -0.398 e. The molecule has 0 amide bonds. The molecule has 0 atom stereocenters. The Morgan fingerprint density at radius 1 is 1.38 bits per heavy atom. The fraction of sp³-hybridized carbons (Fsp3) is 0.750. The molecular formula is C12H22F2N2. The quantitative estimate of drug-likeness (QED) is 0.691. The number of nitrogens with zero attached hydrogens (tertiary/aromatic N) is 1. The summed E-state index contributed by atoms with van der Waals surface area (Å²) in [6.07, 6.45) is 5.02. The van der Waals surface area contributed by atoms with Gasteiger partial charge in [0.25, 0.3) is 0 Å². The Balaban J connectivity index is 0.000000293. The van der Waals surface area contributed by atoms with Gasteiger partial charge in [0.1, 0.15) is 0 Å². The van der Waals surface area contributed by atoms with Crippen molar-refractivity contribution in [1.29, 1.82) is 0 Å². The standard InChI is InChI=1S/C7H12F2.C5H10N2/c1-6-2-4-7(8,9)5-3-6;1-3-5(6)4-7-2/h6H,2-5H2,1H3;3-4H,6H2,1-2H3/b;5-3+,7-4?.